The van der Waals surface area contributed by atoms with Gasteiger partial charge in [-0.25, -0.2) is 0 Å². The molecule has 1 aromatic carbocycles. The van der Waals surface area contributed by atoms with Crippen LogP contribution in [0.5, 0.6) is 0 Å². The predicted molar refractivity (Wildman–Crippen MR) is 112 cm³/mol. The van der Waals surface area contributed by atoms with Crippen LogP contribution >= 0.6 is 0 Å². The maximum Gasteiger partial charge on any atom is 0.209 e. The Kier molecular flexibility index (Phi) is 11.8. The summed E-state index contributed by atoms with van der Waals surface area (Å²) < 4.78 is 4.94. The van der Waals surface area contributed by atoms with Crippen molar-refractivity contribution in [3.63, 3.8) is 0 Å². The largest absolute Gasteiger partial charge is 0.379 e. The molecule has 154 valence electrons. The standard InChI is InChI=1S/C10H13NO.C7H13NO.C5H12O/c1-7-3-5-9(6-4-7)10(12)8(2)11;1-7-2-4-8(6-9)5-3-7;1-5(2,3)6-4/h3-6,8H,11H2,1-2H3;6-7H,2-5H2,1H3;1-4H3. The van der Waals surface area contributed by atoms with Crippen molar-refractivity contribution in [2.24, 2.45) is 11.7 Å². The van der Waals surface area contributed by atoms with Crippen LogP contribution < -0.4 is 5.73 Å². The van der Waals surface area contributed by atoms with Crippen LogP contribution in [-0.2, 0) is 9.53 Å². The number of methoxy groups -OCH3 is 1. The number of ether oxygens (including phenoxy) is 1. The lowest BCUT2D eigenvalue weighted by Crippen LogP contribution is -2.31. The van der Waals surface area contributed by atoms with E-state index in [2.05, 4.69) is 6.92 Å². The Morgan fingerprint density at radius 1 is 1.22 bits per heavy atom. The number of carbonyl (C=O) groups is 2. The van der Waals surface area contributed by atoms with E-state index in [0.29, 0.717) is 5.56 Å². The number of amides is 1. The highest BCUT2D eigenvalue weighted by molar-refractivity contribution is 5.99. The average Bonchev–Trinajstić information content (AvgIpc) is 2.63. The number of nitrogens with two attached hydrogens (primary N) is 1. The SMILES string of the molecule is CC1CCN(C=O)CC1.COC(C)(C)C.Cc1ccc(C(=O)C(C)N)cc1. The van der Waals surface area contributed by atoms with Crippen LogP contribution in [0.1, 0.15) is 63.4 Å². The zero-order valence-electron chi connectivity index (χ0n) is 18.1. The van der Waals surface area contributed by atoms with Crippen molar-refractivity contribution in [1.29, 1.82) is 0 Å². The molecule has 1 saturated heterocycles. The van der Waals surface area contributed by atoms with Gasteiger partial charge in [-0.2, -0.15) is 0 Å². The smallest absolute Gasteiger partial charge is 0.209 e. The Morgan fingerprint density at radius 2 is 1.67 bits per heavy atom. The Hall–Kier alpha value is -1.72. The zero-order chi connectivity index (χ0) is 21.0. The van der Waals surface area contributed by atoms with E-state index in [-0.39, 0.29) is 11.4 Å². The Bertz CT molecular complexity index is 540. The molecule has 27 heavy (non-hydrogen) atoms. The van der Waals surface area contributed by atoms with Gasteiger partial charge in [0.25, 0.3) is 0 Å². The molecule has 0 saturated carbocycles. The molecule has 1 heterocycles. The van der Waals surface area contributed by atoms with E-state index >= 15 is 0 Å². The maximum absolute atomic E-state index is 11.3. The summed E-state index contributed by atoms with van der Waals surface area (Å²) in [7, 11) is 1.71. The van der Waals surface area contributed by atoms with Gasteiger partial charge in [0.2, 0.25) is 6.41 Å². The van der Waals surface area contributed by atoms with Gasteiger partial charge in [-0.05, 0) is 53.4 Å². The lowest BCUT2D eigenvalue weighted by molar-refractivity contribution is -0.119. The molecule has 5 heteroatoms. The molecular weight excluding hydrogens is 340 g/mol. The minimum atomic E-state index is -0.410. The van der Waals surface area contributed by atoms with E-state index in [1.807, 2.05) is 44.7 Å². The van der Waals surface area contributed by atoms with E-state index in [9.17, 15) is 9.59 Å². The first-order chi connectivity index (χ1) is 12.5. The highest BCUT2D eigenvalue weighted by Crippen LogP contribution is 2.13. The second-order valence-electron chi connectivity index (χ2n) is 8.16. The second kappa shape index (κ2) is 12.6. The molecule has 1 aromatic rings. The predicted octanol–water partition coefficient (Wildman–Crippen LogP) is 3.83. The third-order valence-electron chi connectivity index (χ3n) is 4.33. The Labute approximate surface area is 165 Å². The van der Waals surface area contributed by atoms with Crippen molar-refractivity contribution in [3.05, 3.63) is 35.4 Å². The summed E-state index contributed by atoms with van der Waals surface area (Å²) >= 11 is 0. The molecule has 1 aliphatic rings. The van der Waals surface area contributed by atoms with Crippen LogP contribution in [-0.4, -0.2) is 48.9 Å². The molecule has 1 atom stereocenters. The number of likely N-dealkylation sites (tertiary alicyclic amines) is 1. The summed E-state index contributed by atoms with van der Waals surface area (Å²) in [4.78, 5) is 23.4. The number of Topliss-reactive ketones (excluding diaryl/α,β-unsaturated/α-hetero) is 1. The third-order valence-corrected chi connectivity index (χ3v) is 4.33. The lowest BCUT2D eigenvalue weighted by atomic mass is 10.00. The molecular formula is C22H38N2O3. The number of carbonyl (C=O) groups excluding carboxylic acids is 2. The van der Waals surface area contributed by atoms with Crippen molar-refractivity contribution >= 4 is 12.2 Å². The van der Waals surface area contributed by atoms with Gasteiger partial charge in [0.1, 0.15) is 0 Å². The van der Waals surface area contributed by atoms with Crippen LogP contribution in [0.4, 0.5) is 0 Å². The fourth-order valence-corrected chi connectivity index (χ4v) is 2.11. The monoisotopic (exact) mass is 378 g/mol. The number of nitrogens with zero attached hydrogens (tertiary/aromatic N) is 1. The molecule has 0 aromatic heterocycles. The summed E-state index contributed by atoms with van der Waals surface area (Å²) in [6, 6.07) is 7.03. The van der Waals surface area contributed by atoms with Gasteiger partial charge in [0.15, 0.2) is 5.78 Å². The molecule has 1 fully saturated rings. The average molecular weight is 379 g/mol. The highest BCUT2D eigenvalue weighted by atomic mass is 16.5. The molecule has 0 radical (unpaired) electrons. The van der Waals surface area contributed by atoms with Gasteiger partial charge in [0, 0.05) is 25.8 Å². The molecule has 5 nitrogen and oxygen atoms in total. The second-order valence-corrected chi connectivity index (χ2v) is 8.16. The normalized spacial score (nSPS) is 15.6. The molecule has 2 N–H and O–H groups in total. The first-order valence-corrected chi connectivity index (χ1v) is 9.61. The number of hydrogen-bond donors (Lipinski definition) is 1. The number of aryl methyl sites for hydroxylation is 1. The van der Waals surface area contributed by atoms with Crippen LogP contribution in [0.15, 0.2) is 24.3 Å². The van der Waals surface area contributed by atoms with E-state index in [0.717, 1.165) is 31.0 Å². The van der Waals surface area contributed by atoms with Crippen LogP contribution in [0.25, 0.3) is 0 Å². The van der Waals surface area contributed by atoms with Gasteiger partial charge in [-0.15, -0.1) is 0 Å². The topological polar surface area (TPSA) is 72.6 Å². The first-order valence-electron chi connectivity index (χ1n) is 9.61. The molecule has 2 rings (SSSR count). The number of benzene rings is 1. The van der Waals surface area contributed by atoms with Crippen LogP contribution in [0.3, 0.4) is 0 Å². The number of ketones is 1. The summed E-state index contributed by atoms with van der Waals surface area (Å²) in [6.45, 7) is 13.9. The van der Waals surface area contributed by atoms with Gasteiger partial charge >= 0.3 is 0 Å². The molecule has 0 bridgehead atoms. The molecule has 1 unspecified atom stereocenters. The zero-order valence-corrected chi connectivity index (χ0v) is 18.1. The molecule has 1 aliphatic heterocycles. The molecule has 0 spiro atoms. The number of rotatable bonds is 3. The van der Waals surface area contributed by atoms with E-state index in [1.54, 1.807) is 26.2 Å². The summed E-state index contributed by atoms with van der Waals surface area (Å²) in [6.07, 6.45) is 3.31. The lowest BCUT2D eigenvalue weighted by Gasteiger charge is -2.26. The van der Waals surface area contributed by atoms with Gasteiger partial charge in [-0.1, -0.05) is 36.8 Å². The van der Waals surface area contributed by atoms with Crippen molar-refractivity contribution in [2.75, 3.05) is 20.2 Å². The van der Waals surface area contributed by atoms with Crippen molar-refractivity contribution < 1.29 is 14.3 Å². The van der Waals surface area contributed by atoms with Crippen molar-refractivity contribution in [3.8, 4) is 0 Å². The van der Waals surface area contributed by atoms with E-state index in [4.69, 9.17) is 10.5 Å². The highest BCUT2D eigenvalue weighted by Gasteiger charge is 2.12. The fourth-order valence-electron chi connectivity index (χ4n) is 2.11. The number of piperidine rings is 1. The summed E-state index contributed by atoms with van der Waals surface area (Å²) in [5.74, 6) is 0.816. The van der Waals surface area contributed by atoms with Gasteiger partial charge in [0.05, 0.1) is 11.6 Å². The minimum Gasteiger partial charge on any atom is -0.379 e. The summed E-state index contributed by atoms with van der Waals surface area (Å²) in [5.41, 5.74) is 7.34. The van der Waals surface area contributed by atoms with E-state index < -0.39 is 6.04 Å². The Balaban J connectivity index is 0.000000400. The van der Waals surface area contributed by atoms with Crippen molar-refractivity contribution in [1.82, 2.24) is 4.90 Å². The summed E-state index contributed by atoms with van der Waals surface area (Å²) in [5, 5.41) is 0. The third kappa shape index (κ3) is 12.3. The van der Waals surface area contributed by atoms with Crippen molar-refractivity contribution in [2.45, 2.75) is 66.0 Å². The van der Waals surface area contributed by atoms with Gasteiger partial charge in [-0.3, -0.25) is 9.59 Å². The first kappa shape index (κ1) is 25.3. The van der Waals surface area contributed by atoms with Crippen LogP contribution in [0, 0.1) is 12.8 Å². The fraction of sp³-hybridized carbons (Fsp3) is 0.636. The van der Waals surface area contributed by atoms with Crippen LogP contribution in [0.2, 0.25) is 0 Å². The minimum absolute atomic E-state index is 0.00463. The van der Waals surface area contributed by atoms with Gasteiger partial charge < -0.3 is 15.4 Å². The maximum atomic E-state index is 11.3. The molecule has 1 amide bonds. The quantitative estimate of drug-likeness (QED) is 0.641. The molecule has 0 aliphatic carbocycles. The number of hydrogen-bond acceptors (Lipinski definition) is 4. The Morgan fingerprint density at radius 3 is 2.00 bits per heavy atom. The van der Waals surface area contributed by atoms with E-state index in [1.165, 1.54) is 12.8 Å².